The van der Waals surface area contributed by atoms with Gasteiger partial charge in [0.25, 0.3) is 5.91 Å². The fourth-order valence-electron chi connectivity index (χ4n) is 3.88. The molecule has 1 saturated heterocycles. The summed E-state index contributed by atoms with van der Waals surface area (Å²) in [5.41, 5.74) is 2.91. The predicted molar refractivity (Wildman–Crippen MR) is 149 cm³/mol. The Morgan fingerprint density at radius 2 is 1.97 bits per heavy atom. The van der Waals surface area contributed by atoms with Crippen molar-refractivity contribution in [3.8, 4) is 10.4 Å². The van der Waals surface area contributed by atoms with Gasteiger partial charge in [-0.25, -0.2) is 9.18 Å². The van der Waals surface area contributed by atoms with Crippen molar-refractivity contribution in [2.75, 3.05) is 36.5 Å². The third-order valence-electron chi connectivity index (χ3n) is 5.63. The van der Waals surface area contributed by atoms with Crippen molar-refractivity contribution in [3.63, 3.8) is 0 Å². The number of esters is 1. The van der Waals surface area contributed by atoms with E-state index in [1.807, 2.05) is 24.5 Å². The molecule has 0 saturated carbocycles. The first-order valence-electron chi connectivity index (χ1n) is 11.8. The molecule has 2 N–H and O–H groups in total. The number of nitrogens with one attached hydrogen (secondary N) is 2. The van der Waals surface area contributed by atoms with Crippen molar-refractivity contribution >= 4 is 52.1 Å². The summed E-state index contributed by atoms with van der Waals surface area (Å²) in [7, 11) is 1.75. The Labute approximate surface area is 224 Å². The average molecular weight is 544 g/mol. The van der Waals surface area contributed by atoms with E-state index in [2.05, 4.69) is 10.0 Å². The first kappa shape index (κ1) is 28.2. The molecule has 4 rings (SSSR count). The van der Waals surface area contributed by atoms with Crippen LogP contribution in [0.5, 0.6) is 0 Å². The number of thiophene rings is 1. The van der Waals surface area contributed by atoms with Gasteiger partial charge in [0, 0.05) is 36.0 Å². The van der Waals surface area contributed by atoms with Crippen LogP contribution in [-0.4, -0.2) is 55.6 Å². The number of likely N-dealkylation sites (tertiary alicyclic amines) is 1. The van der Waals surface area contributed by atoms with E-state index in [4.69, 9.17) is 4.74 Å². The third-order valence-corrected chi connectivity index (χ3v) is 7.27. The molecule has 1 atom stereocenters. The fraction of sp³-hybridized carbons (Fsp3) is 0.296. The number of carbonyl (C=O) groups is 3. The summed E-state index contributed by atoms with van der Waals surface area (Å²) in [5.74, 6) is -0.689. The van der Waals surface area contributed by atoms with Crippen LogP contribution in [-0.2, 0) is 9.53 Å². The number of benzene rings is 2. The van der Waals surface area contributed by atoms with Gasteiger partial charge in [0.1, 0.15) is 17.1 Å². The van der Waals surface area contributed by atoms with Gasteiger partial charge in [-0.15, -0.1) is 11.3 Å². The minimum Gasteiger partial charge on any atom is -0.462 e. The molecule has 1 aliphatic rings. The highest BCUT2D eigenvalue weighted by molar-refractivity contribution is 7.99. The molecule has 0 radical (unpaired) electrons. The third kappa shape index (κ3) is 7.33. The second-order valence-electron chi connectivity index (χ2n) is 8.06. The van der Waals surface area contributed by atoms with Crippen LogP contribution in [0.3, 0.4) is 0 Å². The summed E-state index contributed by atoms with van der Waals surface area (Å²) in [6.07, 6.45) is 4.47. The van der Waals surface area contributed by atoms with Gasteiger partial charge >= 0.3 is 5.97 Å². The summed E-state index contributed by atoms with van der Waals surface area (Å²) < 4.78 is 21.0. The average Bonchev–Trinajstić information content (AvgIpc) is 3.57. The van der Waals surface area contributed by atoms with Crippen LogP contribution in [0, 0.1) is 5.82 Å². The van der Waals surface area contributed by atoms with E-state index < -0.39 is 0 Å². The molecule has 7 nitrogen and oxygen atoms in total. The van der Waals surface area contributed by atoms with Gasteiger partial charge in [-0.3, -0.25) is 4.79 Å². The number of rotatable bonds is 8. The van der Waals surface area contributed by atoms with E-state index >= 15 is 0 Å². The first-order valence-corrected chi connectivity index (χ1v) is 13.9. The summed E-state index contributed by atoms with van der Waals surface area (Å²) in [4.78, 5) is 37.6. The summed E-state index contributed by atoms with van der Waals surface area (Å²) >= 11 is 2.92. The van der Waals surface area contributed by atoms with Gasteiger partial charge in [-0.05, 0) is 61.7 Å². The van der Waals surface area contributed by atoms with E-state index in [0.717, 1.165) is 40.3 Å². The molecule has 196 valence electrons. The molecule has 3 aromatic rings. The first-order chi connectivity index (χ1) is 17.9. The van der Waals surface area contributed by atoms with Crippen molar-refractivity contribution in [3.05, 3.63) is 71.5 Å². The summed E-state index contributed by atoms with van der Waals surface area (Å²) in [6, 6.07) is 15.1. The molecular formula is C27H30FN3O4S2. The molecule has 0 spiro atoms. The van der Waals surface area contributed by atoms with Crippen molar-refractivity contribution in [2.45, 2.75) is 25.8 Å². The van der Waals surface area contributed by atoms with Crippen LogP contribution in [0.25, 0.3) is 10.4 Å². The number of anilines is 2. The Balaban J connectivity index is 0.000000206. The number of aldehydes is 1. The minimum absolute atomic E-state index is 0.0608. The highest BCUT2D eigenvalue weighted by Crippen LogP contribution is 2.35. The topological polar surface area (TPSA) is 87.7 Å². The number of hydrogen-bond donors (Lipinski definition) is 2. The van der Waals surface area contributed by atoms with Crippen molar-refractivity contribution in [2.24, 2.45) is 0 Å². The molecule has 1 amide bonds. The van der Waals surface area contributed by atoms with Gasteiger partial charge in [0.05, 0.1) is 18.2 Å². The normalized spacial score (nSPS) is 14.4. The zero-order chi connectivity index (χ0) is 26.8. The second-order valence-corrected chi connectivity index (χ2v) is 9.73. The number of hydrogen-bond acceptors (Lipinski definition) is 8. The van der Waals surface area contributed by atoms with E-state index in [1.165, 1.54) is 35.4 Å². The number of nitrogens with zero attached hydrogens (tertiary/aromatic N) is 1. The highest BCUT2D eigenvalue weighted by Gasteiger charge is 2.29. The number of halogens is 1. The molecule has 2 aromatic carbocycles. The Bertz CT molecular complexity index is 1220. The standard InChI is InChI=1S/C14H14FNO2S.C13H16N2O2S/c1-3-18-14(17)11-8-12(19-13(11)16-2)9-4-6-10(15)7-5-9;1-18-14-11-5-2-4-10(8-11)13(17)15-7-3-6-12(15)9-16/h4-8,16H,3H2,1-2H3;2,4-5,8-9,12,14H,3,6-7H2,1H3. The van der Waals surface area contributed by atoms with Crippen molar-refractivity contribution in [1.29, 1.82) is 0 Å². The van der Waals surface area contributed by atoms with E-state index in [0.29, 0.717) is 24.3 Å². The molecule has 1 aromatic heterocycles. The smallest absolute Gasteiger partial charge is 0.341 e. The van der Waals surface area contributed by atoms with Crippen molar-refractivity contribution in [1.82, 2.24) is 4.90 Å². The zero-order valence-corrected chi connectivity index (χ0v) is 22.6. The lowest BCUT2D eigenvalue weighted by Crippen LogP contribution is -2.36. The fourth-order valence-corrected chi connectivity index (χ4v) is 5.25. The lowest BCUT2D eigenvalue weighted by molar-refractivity contribution is -0.111. The van der Waals surface area contributed by atoms with Crippen molar-refractivity contribution < 1.29 is 23.5 Å². The number of ether oxygens (including phenoxy) is 1. The lowest BCUT2D eigenvalue weighted by atomic mass is 10.1. The summed E-state index contributed by atoms with van der Waals surface area (Å²) in [5, 5.41) is 3.73. The largest absolute Gasteiger partial charge is 0.462 e. The maximum absolute atomic E-state index is 12.9. The molecule has 1 fully saturated rings. The Hall–Kier alpha value is -3.37. The minimum atomic E-state index is -0.350. The van der Waals surface area contributed by atoms with Crippen LogP contribution in [0.1, 0.15) is 40.5 Å². The Kier molecular flexibility index (Phi) is 10.5. The van der Waals surface area contributed by atoms with Crippen LogP contribution in [0.4, 0.5) is 15.1 Å². The van der Waals surface area contributed by atoms with Crippen LogP contribution in [0.15, 0.2) is 54.6 Å². The van der Waals surface area contributed by atoms with Gasteiger partial charge < -0.3 is 24.5 Å². The second kappa shape index (κ2) is 13.8. The number of carbonyl (C=O) groups excluding carboxylic acids is 3. The molecule has 37 heavy (non-hydrogen) atoms. The van der Waals surface area contributed by atoms with E-state index in [1.54, 1.807) is 43.1 Å². The summed E-state index contributed by atoms with van der Waals surface area (Å²) in [6.45, 7) is 2.77. The lowest BCUT2D eigenvalue weighted by Gasteiger charge is -2.20. The van der Waals surface area contributed by atoms with Gasteiger partial charge in [0.15, 0.2) is 0 Å². The Morgan fingerprint density at radius 1 is 1.22 bits per heavy atom. The zero-order valence-electron chi connectivity index (χ0n) is 21.0. The van der Waals surface area contributed by atoms with Gasteiger partial charge in [-0.1, -0.05) is 30.1 Å². The van der Waals surface area contributed by atoms with E-state index in [-0.39, 0.29) is 23.7 Å². The highest BCUT2D eigenvalue weighted by atomic mass is 32.2. The van der Waals surface area contributed by atoms with Crippen LogP contribution in [0.2, 0.25) is 0 Å². The van der Waals surface area contributed by atoms with Gasteiger partial charge in [0.2, 0.25) is 0 Å². The van der Waals surface area contributed by atoms with Crippen LogP contribution >= 0.6 is 23.3 Å². The quantitative estimate of drug-likeness (QED) is 0.206. The molecule has 2 heterocycles. The maximum Gasteiger partial charge on any atom is 0.341 e. The molecule has 0 bridgehead atoms. The molecule has 1 unspecified atom stereocenters. The van der Waals surface area contributed by atoms with Crippen LogP contribution < -0.4 is 10.0 Å². The molecule has 0 aliphatic carbocycles. The molecule has 10 heteroatoms. The molecule has 1 aliphatic heterocycles. The molecular weight excluding hydrogens is 513 g/mol. The maximum atomic E-state index is 12.9. The Morgan fingerprint density at radius 3 is 2.62 bits per heavy atom. The SMILES string of the molecule is CCOC(=O)c1cc(-c2ccc(F)cc2)sc1NC.CSNc1cccc(C(=O)N2CCCC2C=O)c1. The van der Waals surface area contributed by atoms with E-state index in [9.17, 15) is 18.8 Å². The predicted octanol–water partition coefficient (Wildman–Crippen LogP) is 5.95. The number of amides is 1. The van der Waals surface area contributed by atoms with Gasteiger partial charge in [-0.2, -0.15) is 0 Å². The monoisotopic (exact) mass is 543 g/mol.